The first kappa shape index (κ1) is 20.5. The van der Waals surface area contributed by atoms with Gasteiger partial charge in [0.2, 0.25) is 6.41 Å². The summed E-state index contributed by atoms with van der Waals surface area (Å²) in [6.45, 7) is 3.71. The molecular weight excluding hydrogens is 362 g/mol. The molecule has 148 valence electrons. The van der Waals surface area contributed by atoms with E-state index in [4.69, 9.17) is 4.74 Å². The summed E-state index contributed by atoms with van der Waals surface area (Å²) in [6, 6.07) is 29.2. The molecule has 4 heteroatoms. The topological polar surface area (TPSA) is 58.6 Å². The van der Waals surface area contributed by atoms with Crippen molar-refractivity contribution in [1.29, 1.82) is 0 Å². The fourth-order valence-electron chi connectivity index (χ4n) is 3.48. The number of benzene rings is 3. The van der Waals surface area contributed by atoms with Crippen LogP contribution in [-0.4, -0.2) is 30.3 Å². The lowest BCUT2D eigenvalue weighted by molar-refractivity contribution is -0.112. The molecule has 0 bridgehead atoms. The smallest absolute Gasteiger partial charge is 0.207 e. The quantitative estimate of drug-likeness (QED) is 0.317. The zero-order chi connectivity index (χ0) is 20.5. The van der Waals surface area contributed by atoms with E-state index in [1.54, 1.807) is 0 Å². The van der Waals surface area contributed by atoms with E-state index in [1.165, 1.54) is 6.08 Å². The minimum absolute atomic E-state index is 0.0879. The number of carbonyl (C=O) groups is 1. The fraction of sp³-hybridized carbons (Fsp3) is 0.160. The number of carbonyl (C=O) groups excluding carboxylic acids is 1. The zero-order valence-electron chi connectivity index (χ0n) is 16.1. The van der Waals surface area contributed by atoms with E-state index in [9.17, 15) is 9.90 Å². The molecule has 0 saturated heterocycles. The Kier molecular flexibility index (Phi) is 6.95. The SMILES string of the molecule is C=C[C@@H](O)[C@H](COC(c1ccccc1)(c1ccccc1)c1ccccc1)NC=O. The third-order valence-electron chi connectivity index (χ3n) is 4.96. The Bertz CT molecular complexity index is 800. The first-order chi connectivity index (χ1) is 14.2. The number of aliphatic hydroxyl groups is 1. The van der Waals surface area contributed by atoms with Crippen molar-refractivity contribution in [2.24, 2.45) is 0 Å². The van der Waals surface area contributed by atoms with E-state index in [0.717, 1.165) is 16.7 Å². The van der Waals surface area contributed by atoms with Gasteiger partial charge in [-0.05, 0) is 16.7 Å². The maximum atomic E-state index is 11.1. The summed E-state index contributed by atoms with van der Waals surface area (Å²) in [5.74, 6) is 0. The molecule has 2 atom stereocenters. The van der Waals surface area contributed by atoms with Gasteiger partial charge >= 0.3 is 0 Å². The van der Waals surface area contributed by atoms with E-state index >= 15 is 0 Å². The van der Waals surface area contributed by atoms with Crippen LogP contribution in [0, 0.1) is 0 Å². The van der Waals surface area contributed by atoms with E-state index in [1.807, 2.05) is 91.0 Å². The van der Waals surface area contributed by atoms with Gasteiger partial charge in [0, 0.05) is 0 Å². The molecule has 4 nitrogen and oxygen atoms in total. The molecule has 0 fully saturated rings. The lowest BCUT2D eigenvalue weighted by Gasteiger charge is -2.37. The molecule has 29 heavy (non-hydrogen) atoms. The van der Waals surface area contributed by atoms with Gasteiger partial charge in [-0.15, -0.1) is 6.58 Å². The van der Waals surface area contributed by atoms with Crippen molar-refractivity contribution in [2.75, 3.05) is 6.61 Å². The maximum absolute atomic E-state index is 11.1. The van der Waals surface area contributed by atoms with Crippen LogP contribution in [0.2, 0.25) is 0 Å². The van der Waals surface area contributed by atoms with Gasteiger partial charge in [0.15, 0.2) is 0 Å². The molecule has 1 amide bonds. The zero-order valence-corrected chi connectivity index (χ0v) is 16.1. The molecule has 3 aromatic carbocycles. The van der Waals surface area contributed by atoms with Crippen LogP contribution in [0.3, 0.4) is 0 Å². The minimum atomic E-state index is -0.930. The van der Waals surface area contributed by atoms with Crippen LogP contribution >= 0.6 is 0 Å². The summed E-state index contributed by atoms with van der Waals surface area (Å²) in [5, 5.41) is 12.9. The van der Waals surface area contributed by atoms with Gasteiger partial charge in [-0.3, -0.25) is 4.79 Å². The Hall–Kier alpha value is -3.21. The van der Waals surface area contributed by atoms with Gasteiger partial charge in [0.1, 0.15) is 5.60 Å². The predicted octanol–water partition coefficient (Wildman–Crippen LogP) is 3.66. The number of aliphatic hydroxyl groups excluding tert-OH is 1. The van der Waals surface area contributed by atoms with Gasteiger partial charge in [0.25, 0.3) is 0 Å². The van der Waals surface area contributed by atoms with Crippen molar-refractivity contribution >= 4 is 6.41 Å². The normalized spacial score (nSPS) is 13.3. The highest BCUT2D eigenvalue weighted by Gasteiger charge is 2.38. The second-order valence-electron chi connectivity index (χ2n) is 6.71. The van der Waals surface area contributed by atoms with Gasteiger partial charge in [-0.25, -0.2) is 0 Å². The van der Waals surface area contributed by atoms with Gasteiger partial charge < -0.3 is 15.2 Å². The summed E-state index contributed by atoms with van der Waals surface area (Å²) >= 11 is 0. The minimum Gasteiger partial charge on any atom is -0.387 e. The van der Waals surface area contributed by atoms with Crippen molar-refractivity contribution in [3.05, 3.63) is 120 Å². The molecule has 0 spiro atoms. The molecule has 0 aromatic heterocycles. The monoisotopic (exact) mass is 387 g/mol. The molecule has 0 saturated carbocycles. The van der Waals surface area contributed by atoms with Crippen molar-refractivity contribution in [3.63, 3.8) is 0 Å². The van der Waals surface area contributed by atoms with Gasteiger partial charge in [-0.2, -0.15) is 0 Å². The summed E-state index contributed by atoms with van der Waals surface area (Å²) in [5.41, 5.74) is 1.95. The Morgan fingerprint density at radius 1 is 0.862 bits per heavy atom. The van der Waals surface area contributed by atoms with E-state index in [0.29, 0.717) is 6.41 Å². The summed E-state index contributed by atoms with van der Waals surface area (Å²) in [6.07, 6.45) is 1.02. The van der Waals surface area contributed by atoms with E-state index in [-0.39, 0.29) is 6.61 Å². The van der Waals surface area contributed by atoms with Crippen LogP contribution in [0.5, 0.6) is 0 Å². The third-order valence-corrected chi connectivity index (χ3v) is 4.96. The molecule has 3 rings (SSSR count). The van der Waals surface area contributed by atoms with Crippen molar-refractivity contribution < 1.29 is 14.6 Å². The van der Waals surface area contributed by atoms with Gasteiger partial charge in [-0.1, -0.05) is 97.1 Å². The van der Waals surface area contributed by atoms with Crippen LogP contribution in [0.1, 0.15) is 16.7 Å². The predicted molar refractivity (Wildman–Crippen MR) is 114 cm³/mol. The van der Waals surface area contributed by atoms with E-state index in [2.05, 4.69) is 11.9 Å². The van der Waals surface area contributed by atoms with Gasteiger partial charge in [0.05, 0.1) is 18.8 Å². The average molecular weight is 387 g/mol. The average Bonchev–Trinajstić information content (AvgIpc) is 2.80. The number of amides is 1. The van der Waals surface area contributed by atoms with Crippen molar-refractivity contribution in [2.45, 2.75) is 17.7 Å². The van der Waals surface area contributed by atoms with Crippen LogP contribution in [-0.2, 0) is 15.1 Å². The molecule has 0 radical (unpaired) electrons. The molecule has 0 aliphatic heterocycles. The van der Waals surface area contributed by atoms with Crippen molar-refractivity contribution in [3.8, 4) is 0 Å². The Balaban J connectivity index is 2.14. The lowest BCUT2D eigenvalue weighted by atomic mass is 9.80. The second kappa shape index (κ2) is 9.82. The Labute approximate surface area is 171 Å². The Morgan fingerprint density at radius 2 is 1.28 bits per heavy atom. The van der Waals surface area contributed by atoms with E-state index < -0.39 is 17.7 Å². The maximum Gasteiger partial charge on any atom is 0.207 e. The number of nitrogens with one attached hydrogen (secondary N) is 1. The highest BCUT2D eigenvalue weighted by atomic mass is 16.5. The molecule has 0 unspecified atom stereocenters. The number of ether oxygens (including phenoxy) is 1. The van der Waals surface area contributed by atoms with Crippen LogP contribution in [0.25, 0.3) is 0 Å². The molecule has 0 aliphatic carbocycles. The largest absolute Gasteiger partial charge is 0.387 e. The number of rotatable bonds is 10. The first-order valence-corrected chi connectivity index (χ1v) is 9.53. The molecular formula is C25H25NO3. The summed E-state index contributed by atoms with van der Waals surface area (Å²) in [4.78, 5) is 11.1. The summed E-state index contributed by atoms with van der Waals surface area (Å²) in [7, 11) is 0. The highest BCUT2D eigenvalue weighted by Crippen LogP contribution is 2.40. The molecule has 2 N–H and O–H groups in total. The second-order valence-corrected chi connectivity index (χ2v) is 6.71. The molecule has 0 heterocycles. The molecule has 0 aliphatic rings. The number of hydrogen-bond donors (Lipinski definition) is 2. The highest BCUT2D eigenvalue weighted by molar-refractivity contribution is 5.48. The fourth-order valence-corrected chi connectivity index (χ4v) is 3.48. The van der Waals surface area contributed by atoms with Crippen molar-refractivity contribution in [1.82, 2.24) is 5.32 Å². The van der Waals surface area contributed by atoms with Crippen LogP contribution < -0.4 is 5.32 Å². The third kappa shape index (κ3) is 4.45. The first-order valence-electron chi connectivity index (χ1n) is 9.53. The van der Waals surface area contributed by atoms with Crippen LogP contribution in [0.15, 0.2) is 104 Å². The molecule has 3 aromatic rings. The lowest BCUT2D eigenvalue weighted by Crippen LogP contribution is -2.45. The standard InChI is InChI=1S/C25H25NO3/c1-2-24(28)23(26-19-27)18-29-25(20-12-6-3-7-13-20,21-14-8-4-9-15-21)22-16-10-5-11-17-22/h2-17,19,23-24,28H,1,18H2,(H,26,27)/t23-,24+/m0/s1. The van der Waals surface area contributed by atoms with Crippen LogP contribution in [0.4, 0.5) is 0 Å². The summed E-state index contributed by atoms with van der Waals surface area (Å²) < 4.78 is 6.60. The number of hydrogen-bond acceptors (Lipinski definition) is 3. The Morgan fingerprint density at radius 3 is 1.62 bits per heavy atom.